The Labute approximate surface area is 441 Å². The van der Waals surface area contributed by atoms with E-state index in [1.165, 1.54) is 225 Å². The summed E-state index contributed by atoms with van der Waals surface area (Å²) in [5.74, 6) is -0.484. The fourth-order valence-corrected chi connectivity index (χ4v) is 10.1. The number of carbonyl (C=O) groups is 2. The molecule has 2 N–H and O–H groups in total. The van der Waals surface area contributed by atoms with Crippen molar-refractivity contribution in [1.29, 1.82) is 0 Å². The zero-order valence-electron chi connectivity index (χ0n) is 48.2. The van der Waals surface area contributed by atoms with Gasteiger partial charge in [-0.2, -0.15) is 0 Å². The van der Waals surface area contributed by atoms with Gasteiger partial charge in [-0.1, -0.05) is 284 Å². The summed E-state index contributed by atoms with van der Waals surface area (Å²) in [4.78, 5) is 37.7. The van der Waals surface area contributed by atoms with Crippen LogP contribution in [0.5, 0.6) is 0 Å². The van der Waals surface area contributed by atoms with Crippen LogP contribution in [0.25, 0.3) is 0 Å². The molecule has 0 aromatic carbocycles. The van der Waals surface area contributed by atoms with E-state index < -0.39 is 20.0 Å². The Hall–Kier alpha value is -1.25. The van der Waals surface area contributed by atoms with Gasteiger partial charge in [0, 0.05) is 12.8 Å². The number of likely N-dealkylation sites (N-methyl/N-ethyl adjacent to an activating group) is 1. The average molecular weight is 1030 g/mol. The molecule has 0 saturated carbocycles. The van der Waals surface area contributed by atoms with Crippen molar-refractivity contribution in [3.63, 3.8) is 0 Å². The lowest BCUT2D eigenvalue weighted by Crippen LogP contribution is -2.47. The Bertz CT molecular complexity index is 1230. The molecule has 0 bridgehead atoms. The molecule has 3 atom stereocenters. The third kappa shape index (κ3) is 53.4. The molecule has 0 aromatic rings. The summed E-state index contributed by atoms with van der Waals surface area (Å²) < 4.78 is 30.7. The van der Waals surface area contributed by atoms with E-state index in [1.807, 2.05) is 33.3 Å². The number of phosphoric acid groups is 1. The van der Waals surface area contributed by atoms with Crippen molar-refractivity contribution >= 4 is 19.7 Å². The van der Waals surface area contributed by atoms with Crippen LogP contribution in [-0.2, 0) is 27.9 Å². The molecule has 0 saturated heterocycles. The largest absolute Gasteiger partial charge is 0.472 e. The Kier molecular flexibility index (Phi) is 51.3. The molecule has 71 heavy (non-hydrogen) atoms. The minimum atomic E-state index is -4.44. The highest BCUT2D eigenvalue weighted by atomic mass is 31.2. The number of nitrogens with one attached hydrogen (secondary N) is 1. The molecule has 0 rings (SSSR count). The highest BCUT2D eigenvalue weighted by Gasteiger charge is 2.30. The van der Waals surface area contributed by atoms with Crippen molar-refractivity contribution in [2.24, 2.45) is 0 Å². The van der Waals surface area contributed by atoms with Crippen LogP contribution in [0.2, 0.25) is 0 Å². The first-order chi connectivity index (χ1) is 34.4. The van der Waals surface area contributed by atoms with Gasteiger partial charge in [-0.05, 0) is 31.8 Å². The number of rotatable bonds is 57. The number of unbranched alkanes of at least 4 members (excludes halogenated alkanes) is 41. The molecule has 0 aromatic heterocycles. The van der Waals surface area contributed by atoms with Gasteiger partial charge < -0.3 is 19.4 Å². The Morgan fingerprint density at radius 2 is 0.803 bits per heavy atom. The van der Waals surface area contributed by atoms with Crippen LogP contribution in [0.15, 0.2) is 12.2 Å². The van der Waals surface area contributed by atoms with Crippen molar-refractivity contribution in [2.75, 3.05) is 40.9 Å². The second-order valence-electron chi connectivity index (χ2n) is 22.6. The van der Waals surface area contributed by atoms with E-state index in [0.29, 0.717) is 23.9 Å². The first kappa shape index (κ1) is 69.8. The average Bonchev–Trinajstić information content (AvgIpc) is 3.33. The van der Waals surface area contributed by atoms with Gasteiger partial charge in [-0.15, -0.1) is 0 Å². The Morgan fingerprint density at radius 3 is 1.15 bits per heavy atom. The lowest BCUT2D eigenvalue weighted by atomic mass is 10.0. The van der Waals surface area contributed by atoms with Crippen LogP contribution < -0.4 is 5.32 Å². The number of esters is 1. The third-order valence-corrected chi connectivity index (χ3v) is 15.2. The van der Waals surface area contributed by atoms with Crippen molar-refractivity contribution in [3.8, 4) is 0 Å². The monoisotopic (exact) mass is 1030 g/mol. The van der Waals surface area contributed by atoms with E-state index in [-0.39, 0.29) is 25.1 Å². The summed E-state index contributed by atoms with van der Waals surface area (Å²) in [6, 6.07) is -0.838. The van der Waals surface area contributed by atoms with Crippen molar-refractivity contribution in [2.45, 2.75) is 328 Å². The summed E-state index contributed by atoms with van der Waals surface area (Å²) >= 11 is 0. The molecule has 9 nitrogen and oxygen atoms in total. The SMILES string of the molecule is CCCCCCCCCCCCC/C=C/C(OC(=O)CCCCCCCCCCCCCCC)C(COP(=O)(O)OCC[N+](C)(C)C)NC(=O)CCCCCCCCCCCCCCCCCCCCC. The summed E-state index contributed by atoms with van der Waals surface area (Å²) in [5, 5.41) is 3.06. The zero-order valence-corrected chi connectivity index (χ0v) is 49.1. The van der Waals surface area contributed by atoms with Gasteiger partial charge >= 0.3 is 13.8 Å². The zero-order chi connectivity index (χ0) is 52.2. The van der Waals surface area contributed by atoms with Crippen LogP contribution in [0.1, 0.15) is 316 Å². The standard InChI is InChI=1S/C61H121N2O7P/c1-7-10-13-16-19-22-25-28-29-30-31-32-33-36-38-41-44-47-50-53-60(64)62-58(57-69-71(66,67)68-56-55-63(4,5)6)59(52-49-46-43-40-37-34-26-23-20-17-14-11-8-2)70-61(65)54-51-48-45-42-39-35-27-24-21-18-15-12-9-3/h49,52,58-59H,7-48,50-51,53-57H2,1-6H3,(H-,62,64,66,67)/p+1/b52-49+. The Morgan fingerprint density at radius 1 is 0.479 bits per heavy atom. The maximum Gasteiger partial charge on any atom is 0.472 e. The molecule has 422 valence electrons. The van der Waals surface area contributed by atoms with Crippen molar-refractivity contribution in [1.82, 2.24) is 5.32 Å². The first-order valence-corrected chi connectivity index (χ1v) is 32.5. The van der Waals surface area contributed by atoms with Crippen molar-refractivity contribution in [3.05, 3.63) is 12.2 Å². The number of nitrogens with zero attached hydrogens (tertiary/aromatic N) is 1. The summed E-state index contributed by atoms with van der Waals surface area (Å²) in [6.45, 7) is 7.06. The van der Waals surface area contributed by atoms with Crippen LogP contribution >= 0.6 is 7.82 Å². The van der Waals surface area contributed by atoms with E-state index in [0.717, 1.165) is 57.8 Å². The van der Waals surface area contributed by atoms with Crippen LogP contribution in [0, 0.1) is 0 Å². The molecule has 0 aliphatic rings. The summed E-state index contributed by atoms with van der Waals surface area (Å²) in [5.41, 5.74) is 0. The smallest absolute Gasteiger partial charge is 0.456 e. The number of carbonyl (C=O) groups excluding carboxylic acids is 2. The van der Waals surface area contributed by atoms with Gasteiger partial charge in [0.15, 0.2) is 0 Å². The molecule has 0 aliphatic carbocycles. The highest BCUT2D eigenvalue weighted by Crippen LogP contribution is 2.43. The lowest BCUT2D eigenvalue weighted by Gasteiger charge is -2.27. The maximum atomic E-state index is 13.5. The molecule has 0 fully saturated rings. The second kappa shape index (κ2) is 52.2. The molecule has 0 spiro atoms. The van der Waals surface area contributed by atoms with E-state index in [9.17, 15) is 19.0 Å². The first-order valence-electron chi connectivity index (χ1n) is 31.0. The fourth-order valence-electron chi connectivity index (χ4n) is 9.41. The van der Waals surface area contributed by atoms with E-state index >= 15 is 0 Å². The lowest BCUT2D eigenvalue weighted by molar-refractivity contribution is -0.870. The molecular weight excluding hydrogens is 904 g/mol. The van der Waals surface area contributed by atoms with E-state index in [2.05, 4.69) is 26.1 Å². The topological polar surface area (TPSA) is 111 Å². The molecule has 0 aliphatic heterocycles. The second-order valence-corrected chi connectivity index (χ2v) is 24.1. The highest BCUT2D eigenvalue weighted by molar-refractivity contribution is 7.47. The molecule has 3 unspecified atom stereocenters. The number of amides is 1. The number of hydrogen-bond acceptors (Lipinski definition) is 6. The number of phosphoric ester groups is 1. The minimum absolute atomic E-state index is 0.0457. The number of quaternary nitrogens is 1. The molecule has 10 heteroatoms. The van der Waals surface area contributed by atoms with Crippen molar-refractivity contribution < 1.29 is 37.3 Å². The van der Waals surface area contributed by atoms with E-state index in [4.69, 9.17) is 13.8 Å². The molecular formula is C61H122N2O7P+. The quantitative estimate of drug-likeness (QED) is 0.0205. The van der Waals surface area contributed by atoms with Gasteiger partial charge in [-0.25, -0.2) is 4.57 Å². The predicted octanol–water partition coefficient (Wildman–Crippen LogP) is 18.8. The predicted molar refractivity (Wildman–Crippen MR) is 305 cm³/mol. The van der Waals surface area contributed by atoms with Gasteiger partial charge in [0.2, 0.25) is 5.91 Å². The third-order valence-electron chi connectivity index (χ3n) is 14.2. The molecule has 0 heterocycles. The molecule has 1 amide bonds. The molecule has 0 radical (unpaired) electrons. The normalized spacial score (nSPS) is 13.7. The van der Waals surface area contributed by atoms with Gasteiger partial charge in [-0.3, -0.25) is 18.6 Å². The number of allylic oxidation sites excluding steroid dienone is 1. The fraction of sp³-hybridized carbons (Fsp3) is 0.934. The van der Waals surface area contributed by atoms with Gasteiger partial charge in [0.25, 0.3) is 0 Å². The van der Waals surface area contributed by atoms with Gasteiger partial charge in [0.1, 0.15) is 19.3 Å². The Balaban J connectivity index is 5.22. The van der Waals surface area contributed by atoms with Crippen LogP contribution in [0.4, 0.5) is 0 Å². The van der Waals surface area contributed by atoms with Crippen LogP contribution in [-0.4, -0.2) is 74.3 Å². The number of hydrogen-bond donors (Lipinski definition) is 2. The minimum Gasteiger partial charge on any atom is -0.456 e. The number of ether oxygens (including phenoxy) is 1. The van der Waals surface area contributed by atoms with Gasteiger partial charge in [0.05, 0.1) is 33.8 Å². The summed E-state index contributed by atoms with van der Waals surface area (Å²) in [6.07, 6.45) is 59.1. The van der Waals surface area contributed by atoms with Crippen LogP contribution in [0.3, 0.4) is 0 Å². The summed E-state index contributed by atoms with van der Waals surface area (Å²) in [7, 11) is 1.52. The maximum absolute atomic E-state index is 13.5. The van der Waals surface area contributed by atoms with E-state index in [1.54, 1.807) is 0 Å².